The highest BCUT2D eigenvalue weighted by atomic mass is 16.6. The molecule has 0 radical (unpaired) electrons. The van der Waals surface area contributed by atoms with Gasteiger partial charge in [-0.1, -0.05) is 31.6 Å². The number of rotatable bonds is 6. The van der Waals surface area contributed by atoms with Crippen molar-refractivity contribution in [1.29, 1.82) is 0 Å². The van der Waals surface area contributed by atoms with Crippen LogP contribution < -0.4 is 5.32 Å². The Bertz CT molecular complexity index is 1050. The van der Waals surface area contributed by atoms with Gasteiger partial charge < -0.3 is 19.7 Å². The second-order valence-corrected chi connectivity index (χ2v) is 13.5. The van der Waals surface area contributed by atoms with Gasteiger partial charge in [0.2, 0.25) is 5.91 Å². The van der Waals surface area contributed by atoms with Crippen LogP contribution in [0, 0.1) is 34.5 Å². The van der Waals surface area contributed by atoms with Crippen molar-refractivity contribution in [3.05, 3.63) is 23.3 Å². The van der Waals surface area contributed by atoms with E-state index < -0.39 is 18.2 Å². The highest BCUT2D eigenvalue weighted by molar-refractivity contribution is 5.93. The lowest BCUT2D eigenvalue weighted by molar-refractivity contribution is -0.202. The van der Waals surface area contributed by atoms with Gasteiger partial charge >= 0.3 is 11.9 Å². The summed E-state index contributed by atoms with van der Waals surface area (Å²) in [5, 5.41) is 3.10. The molecule has 1 amide bonds. The van der Waals surface area contributed by atoms with Gasteiger partial charge in [0.1, 0.15) is 18.2 Å². The van der Waals surface area contributed by atoms with E-state index in [1.165, 1.54) is 13.8 Å². The summed E-state index contributed by atoms with van der Waals surface area (Å²) in [5.74, 6) is 0.736. The summed E-state index contributed by atoms with van der Waals surface area (Å²) < 4.78 is 12.0. The number of esters is 2. The zero-order valence-electron chi connectivity index (χ0n) is 25.5. The Labute approximate surface area is 235 Å². The van der Waals surface area contributed by atoms with Crippen molar-refractivity contribution in [2.45, 2.75) is 111 Å². The highest BCUT2D eigenvalue weighted by Gasteiger charge is 2.63. The van der Waals surface area contributed by atoms with Crippen molar-refractivity contribution in [3.8, 4) is 0 Å². The number of carbonyl (C=O) groups excluding carboxylic acids is 3. The summed E-state index contributed by atoms with van der Waals surface area (Å²) >= 11 is 0. The van der Waals surface area contributed by atoms with Crippen molar-refractivity contribution in [2.75, 3.05) is 14.1 Å². The Balaban J connectivity index is 1.68. The van der Waals surface area contributed by atoms with Crippen molar-refractivity contribution >= 4 is 17.8 Å². The number of carbonyl (C=O) groups is 3. The minimum atomic E-state index is -0.579. The molecule has 0 aromatic rings. The van der Waals surface area contributed by atoms with E-state index in [4.69, 9.17) is 9.47 Å². The Hall–Kier alpha value is -2.15. The quantitative estimate of drug-likeness (QED) is 0.287. The molecular weight excluding hydrogens is 492 g/mol. The third-order valence-electron chi connectivity index (χ3n) is 11.3. The van der Waals surface area contributed by atoms with Crippen LogP contribution in [0.5, 0.6) is 0 Å². The molecule has 0 spiro atoms. The second-order valence-electron chi connectivity index (χ2n) is 13.5. The molecule has 0 unspecified atom stereocenters. The molecule has 7 nitrogen and oxygen atoms in total. The Morgan fingerprint density at radius 1 is 1.03 bits per heavy atom. The molecule has 3 fully saturated rings. The highest BCUT2D eigenvalue weighted by Crippen LogP contribution is 2.67. The largest absolute Gasteiger partial charge is 0.460 e. The molecule has 0 bridgehead atoms. The second kappa shape index (κ2) is 11.0. The van der Waals surface area contributed by atoms with Crippen LogP contribution in [0.25, 0.3) is 0 Å². The van der Waals surface area contributed by atoms with Crippen LogP contribution in [0.3, 0.4) is 0 Å². The minimum Gasteiger partial charge on any atom is -0.460 e. The van der Waals surface area contributed by atoms with E-state index >= 15 is 0 Å². The molecule has 4 aliphatic rings. The van der Waals surface area contributed by atoms with Crippen molar-refractivity contribution in [2.24, 2.45) is 34.5 Å². The third-order valence-corrected chi connectivity index (χ3v) is 11.3. The van der Waals surface area contributed by atoms with Gasteiger partial charge in [-0.05, 0) is 102 Å². The molecule has 218 valence electrons. The van der Waals surface area contributed by atoms with E-state index in [0.29, 0.717) is 35.8 Å². The lowest BCUT2D eigenvalue weighted by atomic mass is 9.43. The van der Waals surface area contributed by atoms with Crippen LogP contribution >= 0.6 is 0 Å². The van der Waals surface area contributed by atoms with Gasteiger partial charge in [0.05, 0.1) is 0 Å². The van der Waals surface area contributed by atoms with Gasteiger partial charge in [0.15, 0.2) is 0 Å². The van der Waals surface area contributed by atoms with Crippen molar-refractivity contribution in [3.63, 3.8) is 0 Å². The molecule has 4 aliphatic carbocycles. The maximum Gasteiger partial charge on any atom is 0.302 e. The van der Waals surface area contributed by atoms with Crippen LogP contribution in [0.4, 0.5) is 0 Å². The van der Waals surface area contributed by atoms with Gasteiger partial charge in [-0.25, -0.2) is 0 Å². The maximum absolute atomic E-state index is 13.0. The monoisotopic (exact) mass is 542 g/mol. The van der Waals surface area contributed by atoms with E-state index in [9.17, 15) is 14.4 Å². The van der Waals surface area contributed by atoms with Gasteiger partial charge in [-0.2, -0.15) is 0 Å². The first-order valence-electron chi connectivity index (χ1n) is 14.9. The van der Waals surface area contributed by atoms with E-state index in [1.807, 2.05) is 6.92 Å². The van der Waals surface area contributed by atoms with Gasteiger partial charge in [0.25, 0.3) is 0 Å². The van der Waals surface area contributed by atoms with Crippen molar-refractivity contribution in [1.82, 2.24) is 10.2 Å². The fraction of sp³-hybridized carbons (Fsp3) is 0.781. The molecule has 3 saturated carbocycles. The first-order chi connectivity index (χ1) is 18.2. The Morgan fingerprint density at radius 2 is 1.69 bits per heavy atom. The zero-order valence-corrected chi connectivity index (χ0v) is 25.5. The number of fused-ring (bicyclic) bond motifs is 5. The number of likely N-dealkylation sites (N-methyl/N-ethyl adjacent to an activating group) is 1. The summed E-state index contributed by atoms with van der Waals surface area (Å²) in [6, 6.07) is -0.158. The van der Waals surface area contributed by atoms with Crippen molar-refractivity contribution < 1.29 is 23.9 Å². The zero-order chi connectivity index (χ0) is 28.9. The fourth-order valence-corrected chi connectivity index (χ4v) is 9.12. The normalized spacial score (nSPS) is 40.5. The molecule has 0 heterocycles. The van der Waals surface area contributed by atoms with Crippen LogP contribution in [0.2, 0.25) is 0 Å². The smallest absolute Gasteiger partial charge is 0.302 e. The van der Waals surface area contributed by atoms with E-state index in [2.05, 4.69) is 51.2 Å². The topological polar surface area (TPSA) is 84.9 Å². The number of nitrogens with one attached hydrogen (secondary N) is 1. The van der Waals surface area contributed by atoms with Crippen LogP contribution in [0.1, 0.15) is 87.0 Å². The molecule has 0 aromatic carbocycles. The molecule has 39 heavy (non-hydrogen) atoms. The fourth-order valence-electron chi connectivity index (χ4n) is 9.12. The summed E-state index contributed by atoms with van der Waals surface area (Å²) in [4.78, 5) is 40.0. The molecule has 0 aromatic heterocycles. The Morgan fingerprint density at radius 3 is 2.28 bits per heavy atom. The first kappa shape index (κ1) is 29.8. The molecule has 10 atom stereocenters. The predicted molar refractivity (Wildman–Crippen MR) is 152 cm³/mol. The Kier molecular flexibility index (Phi) is 8.43. The summed E-state index contributed by atoms with van der Waals surface area (Å²) in [5.41, 5.74) is 2.20. The molecular formula is C32H50N2O5. The summed E-state index contributed by atoms with van der Waals surface area (Å²) in [7, 11) is 4.33. The molecule has 0 aliphatic heterocycles. The van der Waals surface area contributed by atoms with Gasteiger partial charge in [0, 0.05) is 31.4 Å². The molecule has 4 rings (SSSR count). The molecule has 0 saturated heterocycles. The van der Waals surface area contributed by atoms with Crippen LogP contribution in [0.15, 0.2) is 23.3 Å². The standard InChI is InChI=1S/C32H50N2O5/c1-10-18(2)30(37)33-28-27(38-20(4)35)17-32(7)25-15-16-31(6)23(19(3)34(8)9)13-14-24(31)22(25)11-12-26(32)29(28)39-21(5)36/h10,13,19,22,24-29H,11-12,14-17H2,1-9H3,(H,33,37)/b18-10+/t19-,22-,24-,25-,26-,27-,28-,29+,31+,32+/m0/s1. The average Bonchev–Trinajstić information content (AvgIpc) is 3.21. The first-order valence-corrected chi connectivity index (χ1v) is 14.9. The van der Waals surface area contributed by atoms with Gasteiger partial charge in [-0.3, -0.25) is 14.4 Å². The maximum atomic E-state index is 13.0. The number of hydrogen-bond donors (Lipinski definition) is 1. The van der Waals surface area contributed by atoms with E-state index in [-0.39, 0.29) is 34.6 Å². The van der Waals surface area contributed by atoms with E-state index in [0.717, 1.165) is 32.1 Å². The molecule has 7 heteroatoms. The van der Waals surface area contributed by atoms with Crippen LogP contribution in [-0.4, -0.2) is 61.1 Å². The average molecular weight is 543 g/mol. The summed E-state index contributed by atoms with van der Waals surface area (Å²) in [6.07, 6.45) is 9.23. The van der Waals surface area contributed by atoms with Crippen LogP contribution in [-0.2, 0) is 23.9 Å². The number of nitrogens with zero attached hydrogens (tertiary/aromatic N) is 1. The lowest BCUT2D eigenvalue weighted by Gasteiger charge is -2.63. The summed E-state index contributed by atoms with van der Waals surface area (Å²) in [6.45, 7) is 13.6. The minimum absolute atomic E-state index is 0.0876. The predicted octanol–water partition coefficient (Wildman–Crippen LogP) is 5.05. The number of allylic oxidation sites excluding steroid dienone is 2. The lowest BCUT2D eigenvalue weighted by Crippen LogP contribution is -2.67. The number of ether oxygens (including phenoxy) is 2. The van der Waals surface area contributed by atoms with Gasteiger partial charge in [-0.15, -0.1) is 0 Å². The SMILES string of the molecule is C/C=C(\C)C(=O)N[C@@H]1[C@H](OC(C)=O)[C@@H]2CC[C@@H]3[C@H](CC[C@]4(C)C([C@H](C)N(C)C)=CC[C@@H]34)[C@@]2(C)C[C@@H]1OC(C)=O. The number of hydrogen-bond acceptors (Lipinski definition) is 6. The number of amides is 1. The third kappa shape index (κ3) is 5.20. The van der Waals surface area contributed by atoms with E-state index in [1.54, 1.807) is 18.6 Å². The molecule has 1 N–H and O–H groups in total.